The molecule has 0 aromatic carbocycles. The van der Waals surface area contributed by atoms with Gasteiger partial charge in [-0.3, -0.25) is 0 Å². The quantitative estimate of drug-likeness (QED) is 0.599. The van der Waals surface area contributed by atoms with Crippen molar-refractivity contribution in [2.75, 3.05) is 6.61 Å². The Bertz CT molecular complexity index is 114. The van der Waals surface area contributed by atoms with Gasteiger partial charge in [-0.25, -0.2) is 0 Å². The first kappa shape index (κ1) is 11.9. The first-order valence-electron chi connectivity index (χ1n) is 4.61. The number of unbranched alkanes of at least 4 members (excludes halogenated alkanes) is 1. The maximum absolute atomic E-state index is 9.75. The van der Waals surface area contributed by atoms with Crippen molar-refractivity contribution in [3.05, 3.63) is 0 Å². The van der Waals surface area contributed by atoms with Crippen LogP contribution in [0.3, 0.4) is 0 Å². The van der Waals surface area contributed by atoms with Crippen LogP contribution in [-0.2, 0) is 4.74 Å². The molecule has 12 heavy (non-hydrogen) atoms. The Labute approximate surface area is 74.4 Å². The molecule has 0 aliphatic heterocycles. The Morgan fingerprint density at radius 2 is 2.00 bits per heavy atom. The zero-order valence-electron chi connectivity index (χ0n) is 8.21. The smallest absolute Gasteiger partial charge is 0.191 e. The zero-order chi connectivity index (χ0) is 9.61. The van der Waals surface area contributed by atoms with Crippen LogP contribution in [-0.4, -0.2) is 28.7 Å². The maximum Gasteiger partial charge on any atom is 0.191 e. The molecule has 74 valence electrons. The lowest BCUT2D eigenvalue weighted by molar-refractivity contribution is -0.254. The van der Waals surface area contributed by atoms with Crippen LogP contribution in [0.25, 0.3) is 0 Å². The molecule has 0 amide bonds. The molecule has 0 heterocycles. The van der Waals surface area contributed by atoms with Gasteiger partial charge >= 0.3 is 0 Å². The molecule has 0 aromatic heterocycles. The second-order valence-corrected chi connectivity index (χ2v) is 3.06. The lowest BCUT2D eigenvalue weighted by Crippen LogP contribution is -2.43. The molecule has 0 spiro atoms. The van der Waals surface area contributed by atoms with Crippen LogP contribution in [0.2, 0.25) is 0 Å². The van der Waals surface area contributed by atoms with Crippen molar-refractivity contribution >= 4 is 0 Å². The van der Waals surface area contributed by atoms with Gasteiger partial charge in [-0.05, 0) is 20.3 Å². The van der Waals surface area contributed by atoms with E-state index < -0.39 is 11.9 Å². The van der Waals surface area contributed by atoms with Crippen molar-refractivity contribution in [3.63, 3.8) is 0 Å². The lowest BCUT2D eigenvalue weighted by Gasteiger charge is -2.30. The first-order valence-corrected chi connectivity index (χ1v) is 4.61. The van der Waals surface area contributed by atoms with Gasteiger partial charge in [-0.15, -0.1) is 0 Å². The molecule has 3 heteroatoms. The van der Waals surface area contributed by atoms with E-state index in [0.717, 1.165) is 12.8 Å². The van der Waals surface area contributed by atoms with E-state index in [1.54, 1.807) is 13.8 Å². The van der Waals surface area contributed by atoms with Gasteiger partial charge in [0.25, 0.3) is 0 Å². The number of rotatable bonds is 6. The van der Waals surface area contributed by atoms with Crippen molar-refractivity contribution in [1.82, 2.24) is 0 Å². The van der Waals surface area contributed by atoms with E-state index in [9.17, 15) is 10.2 Å². The van der Waals surface area contributed by atoms with Gasteiger partial charge in [0.1, 0.15) is 6.10 Å². The third-order valence-corrected chi connectivity index (χ3v) is 1.94. The predicted molar refractivity (Wildman–Crippen MR) is 47.8 cm³/mol. The number of aliphatic hydroxyl groups is 2. The van der Waals surface area contributed by atoms with E-state index in [4.69, 9.17) is 4.74 Å². The van der Waals surface area contributed by atoms with Crippen molar-refractivity contribution in [3.8, 4) is 0 Å². The molecule has 2 N–H and O–H groups in total. The summed E-state index contributed by atoms with van der Waals surface area (Å²) in [5.41, 5.74) is 0. The van der Waals surface area contributed by atoms with E-state index in [-0.39, 0.29) is 0 Å². The van der Waals surface area contributed by atoms with E-state index in [2.05, 4.69) is 0 Å². The molecule has 0 fully saturated rings. The highest BCUT2D eigenvalue weighted by atomic mass is 16.6. The van der Waals surface area contributed by atoms with Crippen LogP contribution >= 0.6 is 0 Å². The fraction of sp³-hybridized carbons (Fsp3) is 1.00. The van der Waals surface area contributed by atoms with E-state index >= 15 is 0 Å². The minimum atomic E-state index is -1.34. The van der Waals surface area contributed by atoms with Gasteiger partial charge in [0.05, 0.1) is 0 Å². The van der Waals surface area contributed by atoms with Gasteiger partial charge in [0, 0.05) is 13.0 Å². The van der Waals surface area contributed by atoms with Crippen molar-refractivity contribution in [1.29, 1.82) is 0 Å². The molecule has 0 saturated heterocycles. The van der Waals surface area contributed by atoms with Gasteiger partial charge in [0.2, 0.25) is 0 Å². The summed E-state index contributed by atoms with van der Waals surface area (Å²) in [6.07, 6.45) is 1.52. The molecule has 2 atom stereocenters. The van der Waals surface area contributed by atoms with Crippen LogP contribution in [0.15, 0.2) is 0 Å². The Morgan fingerprint density at radius 1 is 1.42 bits per heavy atom. The first-order chi connectivity index (χ1) is 5.56. The van der Waals surface area contributed by atoms with Crippen LogP contribution in [0.1, 0.15) is 40.0 Å². The molecule has 0 aliphatic carbocycles. The second kappa shape index (κ2) is 5.51. The summed E-state index contributed by atoms with van der Waals surface area (Å²) in [5.74, 6) is -1.34. The summed E-state index contributed by atoms with van der Waals surface area (Å²) in [6, 6.07) is 0. The van der Waals surface area contributed by atoms with Crippen molar-refractivity contribution in [2.24, 2.45) is 0 Å². The van der Waals surface area contributed by atoms with E-state index in [1.807, 2.05) is 6.92 Å². The molecular weight excluding hydrogens is 156 g/mol. The maximum atomic E-state index is 9.75. The monoisotopic (exact) mass is 176 g/mol. The van der Waals surface area contributed by atoms with Crippen LogP contribution in [0, 0.1) is 0 Å². The number of aliphatic hydroxyl groups excluding tert-OH is 1. The lowest BCUT2D eigenvalue weighted by atomic mass is 10.0. The van der Waals surface area contributed by atoms with Crippen LogP contribution in [0.4, 0.5) is 0 Å². The minimum Gasteiger partial charge on any atom is -0.388 e. The van der Waals surface area contributed by atoms with E-state index in [0.29, 0.717) is 13.0 Å². The largest absolute Gasteiger partial charge is 0.388 e. The molecule has 0 radical (unpaired) electrons. The third-order valence-electron chi connectivity index (χ3n) is 1.94. The van der Waals surface area contributed by atoms with Gasteiger partial charge in [-0.2, -0.15) is 0 Å². The average molecular weight is 176 g/mol. The summed E-state index contributed by atoms with van der Waals surface area (Å²) in [5, 5.41) is 19.0. The summed E-state index contributed by atoms with van der Waals surface area (Å²) in [7, 11) is 0. The van der Waals surface area contributed by atoms with Crippen molar-refractivity contribution < 1.29 is 14.9 Å². The van der Waals surface area contributed by atoms with Crippen LogP contribution < -0.4 is 0 Å². The summed E-state index contributed by atoms with van der Waals surface area (Å²) in [6.45, 7) is 5.81. The fourth-order valence-electron chi connectivity index (χ4n) is 1.08. The van der Waals surface area contributed by atoms with Gasteiger partial charge < -0.3 is 14.9 Å². The number of hydrogen-bond donors (Lipinski definition) is 2. The molecule has 0 aliphatic rings. The van der Waals surface area contributed by atoms with Gasteiger partial charge in [-0.1, -0.05) is 13.3 Å². The topological polar surface area (TPSA) is 49.7 Å². The van der Waals surface area contributed by atoms with Gasteiger partial charge in [0.15, 0.2) is 5.79 Å². The average Bonchev–Trinajstić information content (AvgIpc) is 2.01. The molecular formula is C9H20O3. The Balaban J connectivity index is 3.99. The predicted octanol–water partition coefficient (Wildman–Crippen LogP) is 1.28. The standard InChI is InChI=1S/C9H20O3/c1-4-6-7-9(11,8(3)10)12-5-2/h8,10-11H,4-7H2,1-3H3. The molecule has 3 nitrogen and oxygen atoms in total. The Kier molecular flexibility index (Phi) is 5.46. The summed E-state index contributed by atoms with van der Waals surface area (Å²) >= 11 is 0. The normalized spacial score (nSPS) is 18.8. The molecule has 2 unspecified atom stereocenters. The summed E-state index contributed by atoms with van der Waals surface area (Å²) in [4.78, 5) is 0. The van der Waals surface area contributed by atoms with E-state index in [1.165, 1.54) is 0 Å². The molecule has 0 saturated carbocycles. The highest BCUT2D eigenvalue weighted by molar-refractivity contribution is 4.73. The Morgan fingerprint density at radius 3 is 2.33 bits per heavy atom. The Hall–Kier alpha value is -0.120. The SMILES string of the molecule is CCCCC(O)(OCC)C(C)O. The minimum absolute atomic E-state index is 0.422. The molecule has 0 bridgehead atoms. The summed E-state index contributed by atoms with van der Waals surface area (Å²) < 4.78 is 5.10. The van der Waals surface area contributed by atoms with Crippen LogP contribution in [0.5, 0.6) is 0 Å². The highest BCUT2D eigenvalue weighted by Crippen LogP contribution is 2.20. The second-order valence-electron chi connectivity index (χ2n) is 3.06. The highest BCUT2D eigenvalue weighted by Gasteiger charge is 2.32. The van der Waals surface area contributed by atoms with Crippen molar-refractivity contribution in [2.45, 2.75) is 51.9 Å². The zero-order valence-corrected chi connectivity index (χ0v) is 8.21. The number of ether oxygens (including phenoxy) is 1. The molecule has 0 rings (SSSR count). The molecule has 0 aromatic rings. The third kappa shape index (κ3) is 3.52. The number of hydrogen-bond acceptors (Lipinski definition) is 3. The fourth-order valence-corrected chi connectivity index (χ4v) is 1.08.